The molecule has 0 saturated carbocycles. The quantitative estimate of drug-likeness (QED) is 0.736. The number of hydrogen-bond donors (Lipinski definition) is 2. The summed E-state index contributed by atoms with van der Waals surface area (Å²) in [6.07, 6.45) is 1.39. The highest BCUT2D eigenvalue weighted by molar-refractivity contribution is 5.36. The highest BCUT2D eigenvalue weighted by Crippen LogP contribution is 2.40. The van der Waals surface area contributed by atoms with Gasteiger partial charge in [-0.1, -0.05) is 19.0 Å². The van der Waals surface area contributed by atoms with Gasteiger partial charge in [-0.15, -0.1) is 0 Å². The topological polar surface area (TPSA) is 72.3 Å². The third-order valence-electron chi connectivity index (χ3n) is 2.90. The molecule has 3 N–H and O–H groups in total. The first-order valence-corrected chi connectivity index (χ1v) is 5.00. The second kappa shape index (κ2) is 3.07. The summed E-state index contributed by atoms with van der Waals surface area (Å²) in [5.41, 5.74) is 6.38. The molecular formula is C10H16N2O2. The SMILES string of the molecule is CC(C)c1noc2c1C(O)(CN)CC2. The Kier molecular flexibility index (Phi) is 2.12. The minimum Gasteiger partial charge on any atom is -0.384 e. The average molecular weight is 196 g/mol. The van der Waals surface area contributed by atoms with E-state index in [1.807, 2.05) is 13.8 Å². The maximum absolute atomic E-state index is 10.2. The molecule has 0 amide bonds. The largest absolute Gasteiger partial charge is 0.384 e. The number of nitrogens with two attached hydrogens (primary N) is 1. The molecule has 1 aliphatic rings. The first-order chi connectivity index (χ1) is 6.58. The van der Waals surface area contributed by atoms with Crippen molar-refractivity contribution in [1.82, 2.24) is 5.16 Å². The van der Waals surface area contributed by atoms with Crippen LogP contribution in [-0.4, -0.2) is 16.8 Å². The first-order valence-electron chi connectivity index (χ1n) is 5.00. The highest BCUT2D eigenvalue weighted by atomic mass is 16.5. The minimum absolute atomic E-state index is 0.237. The zero-order chi connectivity index (χ0) is 10.3. The van der Waals surface area contributed by atoms with E-state index in [0.29, 0.717) is 6.42 Å². The Bertz CT molecular complexity index is 346. The number of aryl methyl sites for hydroxylation is 1. The fraction of sp³-hybridized carbons (Fsp3) is 0.700. The van der Waals surface area contributed by atoms with E-state index in [-0.39, 0.29) is 12.5 Å². The molecule has 78 valence electrons. The molecule has 1 aliphatic carbocycles. The lowest BCUT2D eigenvalue weighted by molar-refractivity contribution is 0.0467. The normalized spacial score (nSPS) is 25.8. The second-order valence-electron chi connectivity index (χ2n) is 4.26. The van der Waals surface area contributed by atoms with E-state index < -0.39 is 5.60 Å². The minimum atomic E-state index is -0.908. The van der Waals surface area contributed by atoms with Gasteiger partial charge in [0.25, 0.3) is 0 Å². The van der Waals surface area contributed by atoms with Crippen LogP contribution >= 0.6 is 0 Å². The summed E-state index contributed by atoms with van der Waals surface area (Å²) in [6.45, 7) is 4.31. The molecule has 1 aromatic rings. The summed E-state index contributed by atoms with van der Waals surface area (Å²) >= 11 is 0. The second-order valence-corrected chi connectivity index (χ2v) is 4.26. The lowest BCUT2D eigenvalue weighted by Gasteiger charge is -2.21. The van der Waals surface area contributed by atoms with E-state index in [1.54, 1.807) is 0 Å². The van der Waals surface area contributed by atoms with Gasteiger partial charge in [0.05, 0.1) is 11.3 Å². The number of aliphatic hydroxyl groups is 1. The van der Waals surface area contributed by atoms with Crippen molar-refractivity contribution in [1.29, 1.82) is 0 Å². The van der Waals surface area contributed by atoms with Gasteiger partial charge in [0.1, 0.15) is 11.4 Å². The lowest BCUT2D eigenvalue weighted by Crippen LogP contribution is -2.33. The summed E-state index contributed by atoms with van der Waals surface area (Å²) in [7, 11) is 0. The molecule has 2 rings (SSSR count). The van der Waals surface area contributed by atoms with E-state index in [1.165, 1.54) is 0 Å². The van der Waals surface area contributed by atoms with Crippen molar-refractivity contribution in [3.05, 3.63) is 17.0 Å². The van der Waals surface area contributed by atoms with Crippen LogP contribution in [-0.2, 0) is 12.0 Å². The van der Waals surface area contributed by atoms with E-state index in [9.17, 15) is 5.11 Å². The lowest BCUT2D eigenvalue weighted by atomic mass is 9.92. The molecule has 1 heterocycles. The van der Waals surface area contributed by atoms with Crippen molar-refractivity contribution in [2.24, 2.45) is 5.73 Å². The van der Waals surface area contributed by atoms with E-state index in [2.05, 4.69) is 5.16 Å². The summed E-state index contributed by atoms with van der Waals surface area (Å²) in [6, 6.07) is 0. The molecule has 14 heavy (non-hydrogen) atoms. The maximum Gasteiger partial charge on any atom is 0.143 e. The molecule has 0 aromatic carbocycles. The number of rotatable bonds is 2. The fourth-order valence-corrected chi connectivity index (χ4v) is 2.05. The molecule has 1 aromatic heterocycles. The summed E-state index contributed by atoms with van der Waals surface area (Å²) in [4.78, 5) is 0. The van der Waals surface area contributed by atoms with Crippen molar-refractivity contribution in [3.8, 4) is 0 Å². The van der Waals surface area contributed by atoms with E-state index in [4.69, 9.17) is 10.3 Å². The predicted molar refractivity (Wildman–Crippen MR) is 51.9 cm³/mol. The van der Waals surface area contributed by atoms with Crippen LogP contribution in [0, 0.1) is 0 Å². The van der Waals surface area contributed by atoms with Gasteiger partial charge in [-0.2, -0.15) is 0 Å². The number of fused-ring (bicyclic) bond motifs is 1. The van der Waals surface area contributed by atoms with Crippen LogP contribution in [0.1, 0.15) is 43.2 Å². The van der Waals surface area contributed by atoms with Gasteiger partial charge in [-0.05, 0) is 12.3 Å². The van der Waals surface area contributed by atoms with Gasteiger partial charge >= 0.3 is 0 Å². The number of aromatic nitrogens is 1. The van der Waals surface area contributed by atoms with Crippen molar-refractivity contribution < 1.29 is 9.63 Å². The predicted octanol–water partition coefficient (Wildman–Crippen LogP) is 0.891. The average Bonchev–Trinajstić information content (AvgIpc) is 2.68. The van der Waals surface area contributed by atoms with Crippen molar-refractivity contribution in [3.63, 3.8) is 0 Å². The zero-order valence-electron chi connectivity index (χ0n) is 8.58. The van der Waals surface area contributed by atoms with Crippen LogP contribution in [0.3, 0.4) is 0 Å². The molecule has 1 unspecified atom stereocenters. The smallest absolute Gasteiger partial charge is 0.143 e. The van der Waals surface area contributed by atoms with E-state index in [0.717, 1.165) is 23.4 Å². The van der Waals surface area contributed by atoms with Crippen LogP contribution in [0.5, 0.6) is 0 Å². The Morgan fingerprint density at radius 2 is 2.36 bits per heavy atom. The Balaban J connectivity index is 2.50. The standard InChI is InChI=1S/C10H16N2O2/c1-6(2)9-8-7(14-12-9)3-4-10(8,13)5-11/h6,13H,3-5,11H2,1-2H3. The van der Waals surface area contributed by atoms with Crippen molar-refractivity contribution in [2.75, 3.05) is 6.54 Å². The van der Waals surface area contributed by atoms with Crippen LogP contribution in [0.15, 0.2) is 4.52 Å². The Morgan fingerprint density at radius 3 is 2.93 bits per heavy atom. The molecular weight excluding hydrogens is 180 g/mol. The molecule has 0 aliphatic heterocycles. The number of nitrogens with zero attached hydrogens (tertiary/aromatic N) is 1. The van der Waals surface area contributed by atoms with Gasteiger partial charge in [0.15, 0.2) is 0 Å². The summed E-state index contributed by atoms with van der Waals surface area (Å²) in [5.74, 6) is 1.07. The highest BCUT2D eigenvalue weighted by Gasteiger charge is 2.41. The molecule has 0 fully saturated rings. The van der Waals surface area contributed by atoms with Crippen molar-refractivity contribution >= 4 is 0 Å². The van der Waals surface area contributed by atoms with Gasteiger partial charge in [0, 0.05) is 13.0 Å². The Hall–Kier alpha value is -0.870. The fourth-order valence-electron chi connectivity index (χ4n) is 2.05. The molecule has 0 radical (unpaired) electrons. The maximum atomic E-state index is 10.2. The third-order valence-corrected chi connectivity index (χ3v) is 2.90. The first kappa shape index (κ1) is 9.68. The van der Waals surface area contributed by atoms with Gasteiger partial charge in [-0.3, -0.25) is 0 Å². The van der Waals surface area contributed by atoms with Crippen LogP contribution in [0.2, 0.25) is 0 Å². The monoisotopic (exact) mass is 196 g/mol. The third kappa shape index (κ3) is 1.18. The van der Waals surface area contributed by atoms with Crippen LogP contribution < -0.4 is 5.73 Å². The van der Waals surface area contributed by atoms with E-state index >= 15 is 0 Å². The van der Waals surface area contributed by atoms with Gasteiger partial charge in [0.2, 0.25) is 0 Å². The molecule has 1 atom stereocenters. The molecule has 4 nitrogen and oxygen atoms in total. The van der Waals surface area contributed by atoms with Crippen molar-refractivity contribution in [2.45, 2.75) is 38.2 Å². The summed E-state index contributed by atoms with van der Waals surface area (Å²) in [5, 5.41) is 14.2. The summed E-state index contributed by atoms with van der Waals surface area (Å²) < 4.78 is 5.20. The van der Waals surface area contributed by atoms with Crippen LogP contribution in [0.25, 0.3) is 0 Å². The molecule has 0 bridgehead atoms. The molecule has 0 saturated heterocycles. The van der Waals surface area contributed by atoms with Crippen LogP contribution in [0.4, 0.5) is 0 Å². The zero-order valence-corrected chi connectivity index (χ0v) is 8.58. The Labute approximate surface area is 83.1 Å². The molecule has 0 spiro atoms. The van der Waals surface area contributed by atoms with Gasteiger partial charge in [-0.25, -0.2) is 0 Å². The van der Waals surface area contributed by atoms with Gasteiger partial charge < -0.3 is 15.4 Å². The number of hydrogen-bond acceptors (Lipinski definition) is 4. The Morgan fingerprint density at radius 1 is 1.64 bits per heavy atom. The molecule has 4 heteroatoms.